The molecule has 0 atom stereocenters. The van der Waals surface area contributed by atoms with Crippen molar-refractivity contribution in [2.75, 3.05) is 10.6 Å². The Morgan fingerprint density at radius 1 is 1.00 bits per heavy atom. The second-order valence-electron chi connectivity index (χ2n) is 5.24. The average molecular weight is 383 g/mol. The summed E-state index contributed by atoms with van der Waals surface area (Å²) in [5, 5.41) is 5.94. The summed E-state index contributed by atoms with van der Waals surface area (Å²) in [6.07, 6.45) is 2.99. The van der Waals surface area contributed by atoms with Gasteiger partial charge in [0.05, 0.1) is 12.4 Å². The first-order chi connectivity index (χ1) is 11.6. The van der Waals surface area contributed by atoms with Gasteiger partial charge in [-0.15, -0.1) is 0 Å². The van der Waals surface area contributed by atoms with E-state index >= 15 is 0 Å². The Labute approximate surface area is 148 Å². The van der Waals surface area contributed by atoms with Gasteiger partial charge in [-0.25, -0.2) is 9.97 Å². The van der Waals surface area contributed by atoms with Gasteiger partial charge in [0.25, 0.3) is 5.91 Å². The zero-order valence-corrected chi connectivity index (χ0v) is 14.5. The third-order valence-electron chi connectivity index (χ3n) is 3.28. The highest BCUT2D eigenvalue weighted by Gasteiger charge is 2.08. The van der Waals surface area contributed by atoms with Crippen LogP contribution in [0.25, 0.3) is 0 Å². The van der Waals surface area contributed by atoms with Crippen molar-refractivity contribution in [3.63, 3.8) is 0 Å². The maximum absolute atomic E-state index is 12.2. The number of amides is 1. The fraction of sp³-hybridized carbons (Fsp3) is 0.0556. The van der Waals surface area contributed by atoms with Crippen molar-refractivity contribution in [3.05, 3.63) is 76.7 Å². The third-order valence-corrected chi connectivity index (χ3v) is 3.81. The van der Waals surface area contributed by atoms with Crippen LogP contribution in [-0.2, 0) is 0 Å². The number of carbonyl (C=O) groups is 1. The number of aromatic nitrogens is 2. The summed E-state index contributed by atoms with van der Waals surface area (Å²) in [6, 6.07) is 15.3. The lowest BCUT2D eigenvalue weighted by Crippen LogP contribution is -2.14. The summed E-state index contributed by atoms with van der Waals surface area (Å²) in [7, 11) is 0. The molecule has 5 nitrogen and oxygen atoms in total. The Morgan fingerprint density at radius 2 is 1.79 bits per heavy atom. The molecule has 6 heteroatoms. The summed E-state index contributed by atoms with van der Waals surface area (Å²) in [5.41, 5.74) is 3.04. The molecule has 0 aliphatic carbocycles. The number of hydrogen-bond donors (Lipinski definition) is 2. The van der Waals surface area contributed by atoms with E-state index in [0.29, 0.717) is 11.5 Å². The van der Waals surface area contributed by atoms with Gasteiger partial charge >= 0.3 is 0 Å². The number of nitrogens with one attached hydrogen (secondary N) is 2. The highest BCUT2D eigenvalue weighted by atomic mass is 79.9. The van der Waals surface area contributed by atoms with Gasteiger partial charge in [-0.05, 0) is 48.9 Å². The second kappa shape index (κ2) is 7.23. The summed E-state index contributed by atoms with van der Waals surface area (Å²) in [4.78, 5) is 20.6. The predicted molar refractivity (Wildman–Crippen MR) is 98.6 cm³/mol. The van der Waals surface area contributed by atoms with Crippen LogP contribution < -0.4 is 10.6 Å². The van der Waals surface area contributed by atoms with Crippen molar-refractivity contribution >= 4 is 39.0 Å². The number of anilines is 3. The lowest BCUT2D eigenvalue weighted by molar-refractivity contribution is 0.102. The van der Waals surface area contributed by atoms with Gasteiger partial charge in [-0.3, -0.25) is 4.79 Å². The normalized spacial score (nSPS) is 10.2. The van der Waals surface area contributed by atoms with Crippen LogP contribution in [0.1, 0.15) is 16.1 Å². The fourth-order valence-electron chi connectivity index (χ4n) is 2.11. The maximum atomic E-state index is 12.2. The van der Waals surface area contributed by atoms with Crippen molar-refractivity contribution in [2.45, 2.75) is 6.92 Å². The highest BCUT2D eigenvalue weighted by Crippen LogP contribution is 2.16. The molecule has 3 aromatic rings. The van der Waals surface area contributed by atoms with Crippen molar-refractivity contribution in [2.24, 2.45) is 0 Å². The van der Waals surface area contributed by atoms with Gasteiger partial charge in [-0.2, -0.15) is 0 Å². The Hall–Kier alpha value is -2.73. The molecule has 0 spiro atoms. The lowest BCUT2D eigenvalue weighted by atomic mass is 10.2. The first-order valence-electron chi connectivity index (χ1n) is 7.33. The van der Waals surface area contributed by atoms with E-state index in [-0.39, 0.29) is 11.6 Å². The molecule has 0 unspecified atom stereocenters. The molecule has 2 N–H and O–H groups in total. The van der Waals surface area contributed by atoms with Crippen LogP contribution in [0.15, 0.2) is 65.4 Å². The molecular formula is C18H15BrN4O. The van der Waals surface area contributed by atoms with Crippen LogP contribution in [-0.4, -0.2) is 15.9 Å². The van der Waals surface area contributed by atoms with E-state index in [1.165, 1.54) is 6.20 Å². The summed E-state index contributed by atoms with van der Waals surface area (Å²) in [6.45, 7) is 2.02. The minimum atomic E-state index is -0.299. The lowest BCUT2D eigenvalue weighted by Gasteiger charge is -2.07. The average Bonchev–Trinajstić information content (AvgIpc) is 2.57. The quantitative estimate of drug-likeness (QED) is 0.694. The molecule has 1 aromatic heterocycles. The summed E-state index contributed by atoms with van der Waals surface area (Å²) < 4.78 is 0.951. The van der Waals surface area contributed by atoms with Gasteiger partial charge in [0.1, 0.15) is 11.5 Å². The molecule has 24 heavy (non-hydrogen) atoms. The fourth-order valence-corrected chi connectivity index (χ4v) is 2.37. The zero-order valence-electron chi connectivity index (χ0n) is 13.0. The van der Waals surface area contributed by atoms with Crippen molar-refractivity contribution < 1.29 is 4.79 Å². The molecule has 120 valence electrons. The summed E-state index contributed by atoms with van der Waals surface area (Å²) >= 11 is 3.35. The SMILES string of the molecule is Cc1cccc(Nc2cnc(C(=O)Nc3ccc(Br)cc3)cn2)c1. The van der Waals surface area contributed by atoms with E-state index in [0.717, 1.165) is 15.7 Å². The minimum Gasteiger partial charge on any atom is -0.339 e. The monoisotopic (exact) mass is 382 g/mol. The van der Waals surface area contributed by atoms with Crippen LogP contribution in [0.3, 0.4) is 0 Å². The number of halogens is 1. The van der Waals surface area contributed by atoms with Gasteiger partial charge in [0.2, 0.25) is 0 Å². The maximum Gasteiger partial charge on any atom is 0.275 e. The van der Waals surface area contributed by atoms with Crippen molar-refractivity contribution in [1.29, 1.82) is 0 Å². The number of rotatable bonds is 4. The molecule has 1 amide bonds. The van der Waals surface area contributed by atoms with Gasteiger partial charge in [0, 0.05) is 15.8 Å². The molecular weight excluding hydrogens is 368 g/mol. The largest absolute Gasteiger partial charge is 0.339 e. The summed E-state index contributed by atoms with van der Waals surface area (Å²) in [5.74, 6) is 0.285. The van der Waals surface area contributed by atoms with E-state index in [9.17, 15) is 4.79 Å². The van der Waals surface area contributed by atoms with Crippen molar-refractivity contribution in [3.8, 4) is 0 Å². The second-order valence-corrected chi connectivity index (χ2v) is 6.16. The highest BCUT2D eigenvalue weighted by molar-refractivity contribution is 9.10. The Balaban J connectivity index is 1.67. The smallest absolute Gasteiger partial charge is 0.275 e. The number of nitrogens with zero attached hydrogens (tertiary/aromatic N) is 2. The van der Waals surface area contributed by atoms with Crippen LogP contribution >= 0.6 is 15.9 Å². The van der Waals surface area contributed by atoms with E-state index in [2.05, 4.69) is 36.5 Å². The zero-order chi connectivity index (χ0) is 16.9. The van der Waals surface area contributed by atoms with Gasteiger partial charge < -0.3 is 10.6 Å². The topological polar surface area (TPSA) is 66.9 Å². The molecule has 0 saturated carbocycles. The van der Waals surface area contributed by atoms with Crippen LogP contribution in [0.2, 0.25) is 0 Å². The molecule has 0 aliphatic heterocycles. The van der Waals surface area contributed by atoms with E-state index in [1.54, 1.807) is 6.20 Å². The van der Waals surface area contributed by atoms with E-state index < -0.39 is 0 Å². The molecule has 0 aliphatic rings. The molecule has 2 aromatic carbocycles. The Kier molecular flexibility index (Phi) is 4.86. The first-order valence-corrected chi connectivity index (χ1v) is 8.12. The van der Waals surface area contributed by atoms with Crippen LogP contribution in [0.4, 0.5) is 17.2 Å². The third kappa shape index (κ3) is 4.17. The first kappa shape index (κ1) is 16.1. The number of aryl methyl sites for hydroxylation is 1. The van der Waals surface area contributed by atoms with Crippen LogP contribution in [0, 0.1) is 6.92 Å². The molecule has 0 saturated heterocycles. The molecule has 0 radical (unpaired) electrons. The number of benzene rings is 2. The van der Waals surface area contributed by atoms with E-state index in [1.807, 2.05) is 55.5 Å². The van der Waals surface area contributed by atoms with Crippen LogP contribution in [0.5, 0.6) is 0 Å². The molecule has 1 heterocycles. The standard InChI is InChI=1S/C18H15BrN4O/c1-12-3-2-4-15(9-12)22-17-11-20-16(10-21-17)18(24)23-14-7-5-13(19)6-8-14/h2-11H,1H3,(H,21,22)(H,23,24). The van der Waals surface area contributed by atoms with E-state index in [4.69, 9.17) is 0 Å². The Morgan fingerprint density at radius 3 is 2.46 bits per heavy atom. The molecule has 3 rings (SSSR count). The Bertz CT molecular complexity index is 848. The van der Waals surface area contributed by atoms with Crippen molar-refractivity contribution in [1.82, 2.24) is 9.97 Å². The predicted octanol–water partition coefficient (Wildman–Crippen LogP) is 4.54. The molecule has 0 fully saturated rings. The number of hydrogen-bond acceptors (Lipinski definition) is 4. The molecule has 0 bridgehead atoms. The van der Waals surface area contributed by atoms with Gasteiger partial charge in [-0.1, -0.05) is 28.1 Å². The van der Waals surface area contributed by atoms with Gasteiger partial charge in [0.15, 0.2) is 0 Å². The number of carbonyl (C=O) groups excluding carboxylic acids is 1. The minimum absolute atomic E-state index is 0.257.